The summed E-state index contributed by atoms with van der Waals surface area (Å²) < 4.78 is 4.95. The molecule has 0 aromatic heterocycles. The van der Waals surface area contributed by atoms with Gasteiger partial charge in [0.25, 0.3) is 5.91 Å². The van der Waals surface area contributed by atoms with Crippen LogP contribution < -0.4 is 10.1 Å². The van der Waals surface area contributed by atoms with Crippen LogP contribution >= 0.6 is 0 Å². The molecule has 1 amide bonds. The zero-order valence-corrected chi connectivity index (χ0v) is 7.20. The molecule has 0 radical (unpaired) electrons. The standard InChI is InChI=1S/C10H9NO2/c1-3-10(12)11-8-4-6-9(13-2)7-5-8/h1,4-7H,2H3,(H,11,12). The van der Waals surface area contributed by atoms with Crippen molar-refractivity contribution in [1.82, 2.24) is 0 Å². The van der Waals surface area contributed by atoms with Crippen LogP contribution in [0.25, 0.3) is 0 Å². The van der Waals surface area contributed by atoms with Gasteiger partial charge in [0.1, 0.15) is 5.75 Å². The summed E-state index contributed by atoms with van der Waals surface area (Å²) in [5, 5.41) is 2.51. The molecule has 3 heteroatoms. The van der Waals surface area contributed by atoms with E-state index in [1.807, 2.05) is 5.92 Å². The van der Waals surface area contributed by atoms with Gasteiger partial charge in [0.15, 0.2) is 0 Å². The normalized spacial score (nSPS) is 8.62. The molecular weight excluding hydrogens is 166 g/mol. The van der Waals surface area contributed by atoms with Gasteiger partial charge in [-0.05, 0) is 30.2 Å². The maximum absolute atomic E-state index is 10.8. The van der Waals surface area contributed by atoms with Gasteiger partial charge in [-0.15, -0.1) is 6.42 Å². The lowest BCUT2D eigenvalue weighted by molar-refractivity contribution is -0.111. The van der Waals surface area contributed by atoms with E-state index < -0.39 is 5.91 Å². The molecule has 0 fully saturated rings. The summed E-state index contributed by atoms with van der Waals surface area (Å²) in [6.45, 7) is 0. The molecule has 0 unspecified atom stereocenters. The molecule has 3 nitrogen and oxygen atoms in total. The Morgan fingerprint density at radius 1 is 1.46 bits per heavy atom. The summed E-state index contributed by atoms with van der Waals surface area (Å²) in [7, 11) is 1.58. The number of benzene rings is 1. The van der Waals surface area contributed by atoms with Crippen molar-refractivity contribution in [2.75, 3.05) is 12.4 Å². The minimum Gasteiger partial charge on any atom is -0.497 e. The predicted molar refractivity (Wildman–Crippen MR) is 50.5 cm³/mol. The van der Waals surface area contributed by atoms with Gasteiger partial charge in [0.2, 0.25) is 0 Å². The van der Waals surface area contributed by atoms with E-state index in [1.165, 1.54) is 0 Å². The summed E-state index contributed by atoms with van der Waals surface area (Å²) >= 11 is 0. The summed E-state index contributed by atoms with van der Waals surface area (Å²) in [5.74, 6) is 2.24. The molecule has 66 valence electrons. The predicted octanol–water partition coefficient (Wildman–Crippen LogP) is 1.27. The van der Waals surface area contributed by atoms with Gasteiger partial charge in [-0.25, -0.2) is 0 Å². The Labute approximate surface area is 76.7 Å². The summed E-state index contributed by atoms with van der Waals surface area (Å²) in [5.41, 5.74) is 0.656. The highest BCUT2D eigenvalue weighted by Gasteiger charge is 1.96. The third-order valence-corrected chi connectivity index (χ3v) is 1.48. The molecule has 0 saturated heterocycles. The third-order valence-electron chi connectivity index (χ3n) is 1.48. The highest BCUT2D eigenvalue weighted by atomic mass is 16.5. The number of rotatable bonds is 2. The van der Waals surface area contributed by atoms with Crippen LogP contribution in [0.15, 0.2) is 24.3 Å². The van der Waals surface area contributed by atoms with Crippen LogP contribution in [-0.4, -0.2) is 13.0 Å². The fourth-order valence-electron chi connectivity index (χ4n) is 0.842. The first-order chi connectivity index (χ1) is 6.26. The molecule has 0 aliphatic heterocycles. The lowest BCUT2D eigenvalue weighted by Crippen LogP contribution is -2.07. The van der Waals surface area contributed by atoms with Crippen molar-refractivity contribution in [3.8, 4) is 18.1 Å². The molecule has 0 aliphatic rings. The zero-order chi connectivity index (χ0) is 9.68. The second-order valence-electron chi connectivity index (χ2n) is 2.33. The molecule has 1 N–H and O–H groups in total. The number of anilines is 1. The molecular formula is C10H9NO2. The van der Waals surface area contributed by atoms with Crippen LogP contribution in [0.3, 0.4) is 0 Å². The van der Waals surface area contributed by atoms with E-state index in [2.05, 4.69) is 5.32 Å². The molecule has 0 spiro atoms. The van der Waals surface area contributed by atoms with Crippen LogP contribution in [0.5, 0.6) is 5.75 Å². The van der Waals surface area contributed by atoms with Crippen molar-refractivity contribution < 1.29 is 9.53 Å². The summed E-state index contributed by atoms with van der Waals surface area (Å²) in [4.78, 5) is 10.8. The second-order valence-corrected chi connectivity index (χ2v) is 2.33. The molecule has 13 heavy (non-hydrogen) atoms. The van der Waals surface area contributed by atoms with Gasteiger partial charge in [-0.1, -0.05) is 0 Å². The molecule has 1 rings (SSSR count). The fourth-order valence-corrected chi connectivity index (χ4v) is 0.842. The van der Waals surface area contributed by atoms with E-state index >= 15 is 0 Å². The first-order valence-electron chi connectivity index (χ1n) is 3.68. The third kappa shape index (κ3) is 2.53. The van der Waals surface area contributed by atoms with Crippen LogP contribution in [0.4, 0.5) is 5.69 Å². The molecule has 1 aromatic carbocycles. The minimum atomic E-state index is -0.454. The Morgan fingerprint density at radius 2 is 2.08 bits per heavy atom. The van der Waals surface area contributed by atoms with Crippen LogP contribution in [0.2, 0.25) is 0 Å². The largest absolute Gasteiger partial charge is 0.497 e. The van der Waals surface area contributed by atoms with Crippen molar-refractivity contribution >= 4 is 11.6 Å². The Bertz CT molecular complexity index is 335. The summed E-state index contributed by atoms with van der Waals surface area (Å²) in [6.07, 6.45) is 4.89. The van der Waals surface area contributed by atoms with E-state index in [0.29, 0.717) is 5.69 Å². The number of amides is 1. The quantitative estimate of drug-likeness (QED) is 0.687. The van der Waals surface area contributed by atoms with E-state index in [9.17, 15) is 4.79 Å². The number of terminal acetylenes is 1. The Kier molecular flexibility index (Phi) is 2.93. The lowest BCUT2D eigenvalue weighted by Gasteiger charge is -2.02. The lowest BCUT2D eigenvalue weighted by atomic mass is 10.3. The Balaban J connectivity index is 2.71. The Hall–Kier alpha value is -1.95. The van der Waals surface area contributed by atoms with Gasteiger partial charge in [0, 0.05) is 5.69 Å². The average molecular weight is 175 g/mol. The van der Waals surface area contributed by atoms with Gasteiger partial charge in [-0.2, -0.15) is 0 Å². The first kappa shape index (κ1) is 9.14. The number of carbonyl (C=O) groups is 1. The number of methoxy groups -OCH3 is 1. The smallest absolute Gasteiger partial charge is 0.300 e. The van der Waals surface area contributed by atoms with Crippen molar-refractivity contribution in [2.45, 2.75) is 0 Å². The van der Waals surface area contributed by atoms with Crippen molar-refractivity contribution in [2.24, 2.45) is 0 Å². The second kappa shape index (κ2) is 4.17. The topological polar surface area (TPSA) is 38.3 Å². The van der Waals surface area contributed by atoms with Crippen LogP contribution in [0, 0.1) is 12.3 Å². The van der Waals surface area contributed by atoms with E-state index in [-0.39, 0.29) is 0 Å². The molecule has 0 bridgehead atoms. The highest BCUT2D eigenvalue weighted by molar-refractivity contribution is 6.03. The first-order valence-corrected chi connectivity index (χ1v) is 3.68. The maximum Gasteiger partial charge on any atom is 0.300 e. The van der Waals surface area contributed by atoms with E-state index in [0.717, 1.165) is 5.75 Å². The number of nitrogens with one attached hydrogen (secondary N) is 1. The van der Waals surface area contributed by atoms with Gasteiger partial charge in [0.05, 0.1) is 7.11 Å². The van der Waals surface area contributed by atoms with Crippen molar-refractivity contribution in [3.63, 3.8) is 0 Å². The van der Waals surface area contributed by atoms with E-state index in [1.54, 1.807) is 31.4 Å². The highest BCUT2D eigenvalue weighted by Crippen LogP contribution is 2.14. The molecule has 0 heterocycles. The number of carbonyl (C=O) groups excluding carboxylic acids is 1. The van der Waals surface area contributed by atoms with Crippen LogP contribution in [-0.2, 0) is 4.79 Å². The average Bonchev–Trinajstić information content (AvgIpc) is 2.19. The zero-order valence-electron chi connectivity index (χ0n) is 7.20. The van der Waals surface area contributed by atoms with Gasteiger partial charge in [-0.3, -0.25) is 4.79 Å². The molecule has 1 aromatic rings. The van der Waals surface area contributed by atoms with Gasteiger partial charge >= 0.3 is 0 Å². The molecule has 0 aliphatic carbocycles. The molecule has 0 atom stereocenters. The molecule has 0 saturated carbocycles. The van der Waals surface area contributed by atoms with E-state index in [4.69, 9.17) is 11.2 Å². The number of hydrogen-bond acceptors (Lipinski definition) is 2. The maximum atomic E-state index is 10.8. The number of ether oxygens (including phenoxy) is 1. The van der Waals surface area contributed by atoms with Crippen molar-refractivity contribution in [1.29, 1.82) is 0 Å². The van der Waals surface area contributed by atoms with Gasteiger partial charge < -0.3 is 10.1 Å². The van der Waals surface area contributed by atoms with Crippen LogP contribution in [0.1, 0.15) is 0 Å². The monoisotopic (exact) mass is 175 g/mol. The van der Waals surface area contributed by atoms with Crippen molar-refractivity contribution in [3.05, 3.63) is 24.3 Å². The summed E-state index contributed by atoms with van der Waals surface area (Å²) in [6, 6.07) is 6.92. The fraction of sp³-hybridized carbons (Fsp3) is 0.100. The number of hydrogen-bond donors (Lipinski definition) is 1. The Morgan fingerprint density at radius 3 is 2.54 bits per heavy atom. The minimum absolute atomic E-state index is 0.454. The SMILES string of the molecule is C#CC(=O)Nc1ccc(OC)cc1.